The number of halogens is 1. The van der Waals surface area contributed by atoms with E-state index in [4.69, 9.17) is 11.6 Å². The van der Waals surface area contributed by atoms with E-state index in [-0.39, 0.29) is 0 Å². The Morgan fingerprint density at radius 2 is 1.88 bits per heavy atom. The first kappa shape index (κ1) is 13.5. The Bertz CT molecular complexity index is 332. The Balaban J connectivity index is 2.98. The van der Waals surface area contributed by atoms with E-state index in [1.54, 1.807) is 0 Å². The fourth-order valence-corrected chi connectivity index (χ4v) is 2.41. The number of nitrogens with one attached hydrogen (secondary N) is 1. The molecule has 1 N–H and O–H groups in total. The minimum atomic E-state index is 0.436. The van der Waals surface area contributed by atoms with Crippen LogP contribution in [0.2, 0.25) is 5.02 Å². The van der Waals surface area contributed by atoms with Crippen LogP contribution >= 0.6 is 11.6 Å². The van der Waals surface area contributed by atoms with Crippen molar-refractivity contribution < 1.29 is 0 Å². The van der Waals surface area contributed by atoms with Crippen molar-refractivity contribution in [3.8, 4) is 0 Å². The summed E-state index contributed by atoms with van der Waals surface area (Å²) in [5.74, 6) is 0.686. The van der Waals surface area contributed by atoms with E-state index < -0.39 is 0 Å². The molecule has 16 heavy (non-hydrogen) atoms. The topological polar surface area (TPSA) is 12.0 Å². The van der Waals surface area contributed by atoms with Gasteiger partial charge in [-0.05, 0) is 37.1 Å². The van der Waals surface area contributed by atoms with Crippen LogP contribution < -0.4 is 5.32 Å². The summed E-state index contributed by atoms with van der Waals surface area (Å²) in [5, 5.41) is 4.27. The lowest BCUT2D eigenvalue weighted by molar-refractivity contribution is 0.359. The highest BCUT2D eigenvalue weighted by molar-refractivity contribution is 6.31. The van der Waals surface area contributed by atoms with Gasteiger partial charge in [-0.25, -0.2) is 0 Å². The van der Waals surface area contributed by atoms with Crippen molar-refractivity contribution in [3.63, 3.8) is 0 Å². The quantitative estimate of drug-likeness (QED) is 0.806. The zero-order chi connectivity index (χ0) is 12.1. The number of benzene rings is 1. The Hall–Kier alpha value is -0.530. The highest BCUT2D eigenvalue weighted by atomic mass is 35.5. The summed E-state index contributed by atoms with van der Waals surface area (Å²) in [7, 11) is 2.03. The van der Waals surface area contributed by atoms with Crippen molar-refractivity contribution in [2.45, 2.75) is 39.7 Å². The van der Waals surface area contributed by atoms with Crippen LogP contribution in [-0.4, -0.2) is 7.05 Å². The number of aryl methyl sites for hydroxylation is 1. The Kier molecular flexibility index (Phi) is 5.30. The van der Waals surface area contributed by atoms with E-state index in [2.05, 4.69) is 38.2 Å². The summed E-state index contributed by atoms with van der Waals surface area (Å²) in [5.41, 5.74) is 2.50. The predicted octanol–water partition coefficient (Wildman–Crippen LogP) is 4.35. The molecular weight excluding hydrogens is 218 g/mol. The Morgan fingerprint density at radius 1 is 1.25 bits per heavy atom. The molecule has 0 spiro atoms. The monoisotopic (exact) mass is 239 g/mol. The maximum atomic E-state index is 6.06. The normalized spacial score (nSPS) is 13.1. The largest absolute Gasteiger partial charge is 0.313 e. The van der Waals surface area contributed by atoms with Crippen molar-refractivity contribution >= 4 is 11.6 Å². The van der Waals surface area contributed by atoms with Gasteiger partial charge >= 0.3 is 0 Å². The second-order valence-electron chi connectivity index (χ2n) is 4.35. The zero-order valence-electron chi connectivity index (χ0n) is 10.7. The minimum Gasteiger partial charge on any atom is -0.313 e. The van der Waals surface area contributed by atoms with Crippen LogP contribution in [0.4, 0.5) is 0 Å². The summed E-state index contributed by atoms with van der Waals surface area (Å²) in [6.07, 6.45) is 2.40. The van der Waals surface area contributed by atoms with Gasteiger partial charge in [0.05, 0.1) is 0 Å². The fraction of sp³-hybridized carbons (Fsp3) is 0.571. The SMILES string of the molecule is CCC(CC)C(NC)c1ccc(Cl)c(C)c1. The molecule has 0 amide bonds. The Labute approximate surface area is 104 Å². The van der Waals surface area contributed by atoms with E-state index in [0.717, 1.165) is 10.6 Å². The standard InChI is InChI=1S/C14H22ClN/c1-5-11(6-2)14(16-4)12-7-8-13(15)10(3)9-12/h7-9,11,14,16H,5-6H2,1-4H3. The number of hydrogen-bond acceptors (Lipinski definition) is 1. The van der Waals surface area contributed by atoms with Gasteiger partial charge < -0.3 is 5.32 Å². The molecule has 0 saturated carbocycles. The van der Waals surface area contributed by atoms with Crippen LogP contribution in [-0.2, 0) is 0 Å². The van der Waals surface area contributed by atoms with Gasteiger partial charge in [-0.3, -0.25) is 0 Å². The van der Waals surface area contributed by atoms with Crippen LogP contribution in [0.3, 0.4) is 0 Å². The molecule has 1 unspecified atom stereocenters. The molecule has 0 radical (unpaired) electrons. The molecule has 0 saturated heterocycles. The lowest BCUT2D eigenvalue weighted by atomic mass is 9.88. The smallest absolute Gasteiger partial charge is 0.0435 e. The summed E-state index contributed by atoms with van der Waals surface area (Å²) in [6.45, 7) is 6.56. The lowest BCUT2D eigenvalue weighted by Gasteiger charge is -2.25. The van der Waals surface area contributed by atoms with Crippen molar-refractivity contribution in [1.29, 1.82) is 0 Å². The summed E-state index contributed by atoms with van der Waals surface area (Å²) >= 11 is 6.06. The van der Waals surface area contributed by atoms with Gasteiger partial charge in [0.15, 0.2) is 0 Å². The van der Waals surface area contributed by atoms with Gasteiger partial charge in [0.25, 0.3) is 0 Å². The summed E-state index contributed by atoms with van der Waals surface area (Å²) in [4.78, 5) is 0. The number of hydrogen-bond donors (Lipinski definition) is 1. The maximum Gasteiger partial charge on any atom is 0.0435 e. The molecule has 1 nitrogen and oxygen atoms in total. The first-order valence-electron chi connectivity index (χ1n) is 6.07. The molecule has 0 fully saturated rings. The van der Waals surface area contributed by atoms with E-state index in [0.29, 0.717) is 12.0 Å². The van der Waals surface area contributed by atoms with Crippen molar-refractivity contribution in [2.75, 3.05) is 7.05 Å². The van der Waals surface area contributed by atoms with Gasteiger partial charge in [0.1, 0.15) is 0 Å². The van der Waals surface area contributed by atoms with E-state index in [1.165, 1.54) is 18.4 Å². The third-order valence-corrected chi connectivity index (χ3v) is 3.80. The van der Waals surface area contributed by atoms with Crippen molar-refractivity contribution in [1.82, 2.24) is 5.32 Å². The number of rotatable bonds is 5. The van der Waals surface area contributed by atoms with Crippen LogP contribution in [0.15, 0.2) is 18.2 Å². The predicted molar refractivity (Wildman–Crippen MR) is 72.1 cm³/mol. The van der Waals surface area contributed by atoms with Gasteiger partial charge in [-0.2, -0.15) is 0 Å². The minimum absolute atomic E-state index is 0.436. The molecule has 0 aromatic heterocycles. The zero-order valence-corrected chi connectivity index (χ0v) is 11.4. The van der Waals surface area contributed by atoms with Gasteiger partial charge in [-0.15, -0.1) is 0 Å². The molecular formula is C14H22ClN. The first-order valence-corrected chi connectivity index (χ1v) is 6.45. The average Bonchev–Trinajstić information content (AvgIpc) is 2.29. The fourth-order valence-electron chi connectivity index (χ4n) is 2.30. The van der Waals surface area contributed by atoms with Crippen LogP contribution in [0, 0.1) is 12.8 Å². The summed E-state index contributed by atoms with van der Waals surface area (Å²) < 4.78 is 0. The molecule has 1 atom stereocenters. The molecule has 1 aromatic rings. The first-order chi connectivity index (χ1) is 7.63. The molecule has 90 valence electrons. The second kappa shape index (κ2) is 6.27. The van der Waals surface area contributed by atoms with E-state index in [1.807, 2.05) is 13.1 Å². The third kappa shape index (κ3) is 2.99. The molecule has 0 bridgehead atoms. The Morgan fingerprint density at radius 3 is 2.31 bits per heavy atom. The molecule has 2 heteroatoms. The molecule has 1 aromatic carbocycles. The van der Waals surface area contributed by atoms with Gasteiger partial charge in [0.2, 0.25) is 0 Å². The summed E-state index contributed by atoms with van der Waals surface area (Å²) in [6, 6.07) is 6.77. The maximum absolute atomic E-state index is 6.06. The van der Waals surface area contributed by atoms with Gasteiger partial charge in [0, 0.05) is 11.1 Å². The highest BCUT2D eigenvalue weighted by Gasteiger charge is 2.18. The molecule has 0 aliphatic carbocycles. The van der Waals surface area contributed by atoms with Crippen molar-refractivity contribution in [3.05, 3.63) is 34.3 Å². The second-order valence-corrected chi connectivity index (χ2v) is 4.76. The molecule has 0 aliphatic rings. The van der Waals surface area contributed by atoms with Crippen LogP contribution in [0.5, 0.6) is 0 Å². The average molecular weight is 240 g/mol. The lowest BCUT2D eigenvalue weighted by Crippen LogP contribution is -2.24. The third-order valence-electron chi connectivity index (χ3n) is 3.37. The highest BCUT2D eigenvalue weighted by Crippen LogP contribution is 2.29. The van der Waals surface area contributed by atoms with E-state index >= 15 is 0 Å². The molecule has 0 heterocycles. The van der Waals surface area contributed by atoms with Crippen molar-refractivity contribution in [2.24, 2.45) is 5.92 Å². The van der Waals surface area contributed by atoms with E-state index in [9.17, 15) is 0 Å². The van der Waals surface area contributed by atoms with Crippen LogP contribution in [0.1, 0.15) is 43.9 Å². The molecule has 0 aliphatic heterocycles. The van der Waals surface area contributed by atoms with Crippen LogP contribution in [0.25, 0.3) is 0 Å². The van der Waals surface area contributed by atoms with Gasteiger partial charge in [-0.1, -0.05) is 50.4 Å². The molecule has 1 rings (SSSR count).